The van der Waals surface area contributed by atoms with E-state index in [-0.39, 0.29) is 17.5 Å². The molecule has 0 aromatic heterocycles. The molecule has 3 aliphatic rings. The lowest BCUT2D eigenvalue weighted by Crippen LogP contribution is -2.51. The molecule has 1 unspecified atom stereocenters. The maximum atomic E-state index is 12.6. The lowest BCUT2D eigenvalue weighted by Gasteiger charge is -2.43. The zero-order valence-corrected chi connectivity index (χ0v) is 14.4. The predicted octanol–water partition coefficient (Wildman–Crippen LogP) is 3.54. The Hall–Kier alpha value is -2.73. The Morgan fingerprint density at radius 3 is 2.08 bits per heavy atom. The van der Waals surface area contributed by atoms with E-state index in [4.69, 9.17) is 0 Å². The molecule has 3 saturated heterocycles. The molecule has 3 aliphatic heterocycles. The van der Waals surface area contributed by atoms with Crippen molar-refractivity contribution in [2.75, 3.05) is 25.0 Å². The van der Waals surface area contributed by atoms with Crippen molar-refractivity contribution < 1.29 is 9.72 Å². The maximum absolute atomic E-state index is 12.6. The van der Waals surface area contributed by atoms with Gasteiger partial charge in [-0.2, -0.15) is 0 Å². The van der Waals surface area contributed by atoms with Gasteiger partial charge in [-0.25, -0.2) is 0 Å². The van der Waals surface area contributed by atoms with Crippen LogP contribution in [0.25, 0.3) is 11.1 Å². The first-order valence-corrected chi connectivity index (χ1v) is 8.98. The highest BCUT2D eigenvalue weighted by molar-refractivity contribution is 5.93. The van der Waals surface area contributed by atoms with Crippen molar-refractivity contribution in [2.24, 2.45) is 11.8 Å². The van der Waals surface area contributed by atoms with Gasteiger partial charge < -0.3 is 10.2 Å². The van der Waals surface area contributed by atoms with Crippen LogP contribution in [0.5, 0.6) is 0 Å². The van der Waals surface area contributed by atoms with Crippen molar-refractivity contribution >= 4 is 17.3 Å². The molecule has 0 aliphatic carbocycles. The van der Waals surface area contributed by atoms with Crippen LogP contribution >= 0.6 is 0 Å². The Morgan fingerprint density at radius 2 is 1.58 bits per heavy atom. The average Bonchev–Trinajstić information content (AvgIpc) is 2.69. The quantitative estimate of drug-likeness (QED) is 0.675. The molecule has 2 bridgehead atoms. The van der Waals surface area contributed by atoms with E-state index in [1.54, 1.807) is 12.1 Å². The highest BCUT2D eigenvalue weighted by Crippen LogP contribution is 2.33. The number of non-ortho nitro benzene ring substituents is 1. The number of nitrogens with zero attached hydrogens (tertiary/aromatic N) is 2. The smallest absolute Gasteiger partial charge is 0.269 e. The number of benzene rings is 2. The second-order valence-corrected chi connectivity index (χ2v) is 7.12. The number of hydrogen-bond acceptors (Lipinski definition) is 4. The average molecular weight is 351 g/mol. The second-order valence-electron chi connectivity index (χ2n) is 7.12. The maximum Gasteiger partial charge on any atom is 0.269 e. The molecular weight excluding hydrogens is 330 g/mol. The van der Waals surface area contributed by atoms with Crippen molar-refractivity contribution in [3.8, 4) is 11.1 Å². The molecule has 2 aromatic rings. The third-order valence-corrected chi connectivity index (χ3v) is 5.56. The van der Waals surface area contributed by atoms with Gasteiger partial charge in [-0.1, -0.05) is 12.1 Å². The molecule has 1 atom stereocenters. The highest BCUT2D eigenvalue weighted by atomic mass is 16.6. The van der Waals surface area contributed by atoms with Gasteiger partial charge >= 0.3 is 0 Å². The normalized spacial score (nSPS) is 24.2. The molecule has 5 rings (SSSR count). The van der Waals surface area contributed by atoms with Crippen LogP contribution in [0.2, 0.25) is 0 Å². The molecule has 6 nitrogen and oxygen atoms in total. The van der Waals surface area contributed by atoms with E-state index < -0.39 is 4.92 Å². The van der Waals surface area contributed by atoms with Crippen molar-refractivity contribution in [3.63, 3.8) is 0 Å². The van der Waals surface area contributed by atoms with E-state index in [2.05, 4.69) is 10.2 Å². The summed E-state index contributed by atoms with van der Waals surface area (Å²) in [7, 11) is 0. The van der Waals surface area contributed by atoms with E-state index in [9.17, 15) is 14.9 Å². The van der Waals surface area contributed by atoms with E-state index >= 15 is 0 Å². The lowest BCUT2D eigenvalue weighted by molar-refractivity contribution is -0.384. The van der Waals surface area contributed by atoms with Gasteiger partial charge in [0.15, 0.2) is 0 Å². The zero-order chi connectivity index (χ0) is 18.1. The van der Waals surface area contributed by atoms with Crippen LogP contribution in [0.3, 0.4) is 0 Å². The Morgan fingerprint density at radius 1 is 1.00 bits per heavy atom. The monoisotopic (exact) mass is 351 g/mol. The summed E-state index contributed by atoms with van der Waals surface area (Å²) in [5.74, 6) is 0.716. The number of piperidine rings is 3. The summed E-state index contributed by atoms with van der Waals surface area (Å²) in [4.78, 5) is 25.3. The molecule has 1 amide bonds. The number of nitro groups is 1. The van der Waals surface area contributed by atoms with E-state index in [1.807, 2.05) is 24.3 Å². The van der Waals surface area contributed by atoms with Gasteiger partial charge in [0.1, 0.15) is 0 Å². The van der Waals surface area contributed by atoms with Gasteiger partial charge in [0.05, 0.1) is 10.8 Å². The molecule has 2 aromatic carbocycles. The third-order valence-electron chi connectivity index (χ3n) is 5.56. The highest BCUT2D eigenvalue weighted by Gasteiger charge is 2.38. The fraction of sp³-hybridized carbons (Fsp3) is 0.350. The van der Waals surface area contributed by atoms with Gasteiger partial charge in [-0.3, -0.25) is 14.9 Å². The Balaban J connectivity index is 1.43. The fourth-order valence-corrected chi connectivity index (χ4v) is 4.02. The summed E-state index contributed by atoms with van der Waals surface area (Å²) < 4.78 is 0. The van der Waals surface area contributed by atoms with Crippen LogP contribution in [0.15, 0.2) is 48.5 Å². The summed E-state index contributed by atoms with van der Waals surface area (Å²) in [6, 6.07) is 14.1. The van der Waals surface area contributed by atoms with Crippen LogP contribution in [-0.2, 0) is 4.79 Å². The van der Waals surface area contributed by atoms with E-state index in [0.717, 1.165) is 49.3 Å². The van der Waals surface area contributed by atoms with Crippen molar-refractivity contribution in [2.45, 2.75) is 12.8 Å². The first kappa shape index (κ1) is 16.7. The zero-order valence-electron chi connectivity index (χ0n) is 14.4. The lowest BCUT2D eigenvalue weighted by atomic mass is 9.78. The Bertz CT molecular complexity index is 809. The standard InChI is InChI=1S/C20H21N3O3/c24-20(19-13-22-11-9-16(19)10-12-22)21-17-5-1-14(2-6-17)15-3-7-18(8-4-15)23(25)26/h1-8,16,19H,9-13H2,(H,21,24). The first-order chi connectivity index (χ1) is 12.6. The minimum Gasteiger partial charge on any atom is -0.326 e. The van der Waals surface area contributed by atoms with Crippen LogP contribution in [-0.4, -0.2) is 35.4 Å². The topological polar surface area (TPSA) is 75.5 Å². The molecular formula is C20H21N3O3. The van der Waals surface area contributed by atoms with Gasteiger partial charge in [-0.05, 0) is 67.2 Å². The van der Waals surface area contributed by atoms with E-state index in [0.29, 0.717) is 5.92 Å². The Kier molecular flexibility index (Phi) is 4.42. The molecule has 1 N–H and O–H groups in total. The van der Waals surface area contributed by atoms with Gasteiger partial charge in [0.25, 0.3) is 5.69 Å². The molecule has 134 valence electrons. The van der Waals surface area contributed by atoms with Crippen LogP contribution in [0.1, 0.15) is 12.8 Å². The number of nitro benzene ring substituents is 1. The van der Waals surface area contributed by atoms with Crippen molar-refractivity contribution in [1.82, 2.24) is 4.90 Å². The summed E-state index contributed by atoms with van der Waals surface area (Å²) in [5, 5.41) is 13.8. The molecule has 3 heterocycles. The minimum absolute atomic E-state index is 0.0788. The number of fused-ring (bicyclic) bond motifs is 3. The molecule has 0 spiro atoms. The number of carbonyl (C=O) groups is 1. The predicted molar refractivity (Wildman–Crippen MR) is 99.8 cm³/mol. The Labute approximate surface area is 152 Å². The van der Waals surface area contributed by atoms with Crippen LogP contribution < -0.4 is 5.32 Å². The van der Waals surface area contributed by atoms with Gasteiger partial charge in [0, 0.05) is 24.4 Å². The second kappa shape index (κ2) is 6.88. The number of anilines is 1. The number of nitrogens with one attached hydrogen (secondary N) is 1. The molecule has 6 heteroatoms. The number of rotatable bonds is 4. The minimum atomic E-state index is -0.406. The largest absolute Gasteiger partial charge is 0.326 e. The molecule has 3 fully saturated rings. The SMILES string of the molecule is O=C(Nc1ccc(-c2ccc([N+](=O)[O-])cc2)cc1)C1CN2CCC1CC2. The number of amides is 1. The number of carbonyl (C=O) groups excluding carboxylic acids is 1. The summed E-state index contributed by atoms with van der Waals surface area (Å²) in [6.45, 7) is 3.12. The number of hydrogen-bond donors (Lipinski definition) is 1. The van der Waals surface area contributed by atoms with Gasteiger partial charge in [-0.15, -0.1) is 0 Å². The van der Waals surface area contributed by atoms with Crippen molar-refractivity contribution in [1.29, 1.82) is 0 Å². The first-order valence-electron chi connectivity index (χ1n) is 8.98. The third kappa shape index (κ3) is 3.32. The summed E-state index contributed by atoms with van der Waals surface area (Å²) >= 11 is 0. The summed E-state index contributed by atoms with van der Waals surface area (Å²) in [5.41, 5.74) is 2.74. The molecule has 0 saturated carbocycles. The van der Waals surface area contributed by atoms with E-state index in [1.165, 1.54) is 12.1 Å². The summed E-state index contributed by atoms with van der Waals surface area (Å²) in [6.07, 6.45) is 2.24. The molecule has 0 radical (unpaired) electrons. The molecule has 26 heavy (non-hydrogen) atoms. The van der Waals surface area contributed by atoms with Gasteiger partial charge in [0.2, 0.25) is 5.91 Å². The van der Waals surface area contributed by atoms with Crippen LogP contribution in [0.4, 0.5) is 11.4 Å². The van der Waals surface area contributed by atoms with Crippen molar-refractivity contribution in [3.05, 3.63) is 58.6 Å². The van der Waals surface area contributed by atoms with Crippen LogP contribution in [0, 0.1) is 22.0 Å². The fourth-order valence-electron chi connectivity index (χ4n) is 4.02.